The Morgan fingerprint density at radius 3 is 2.52 bits per heavy atom. The molecule has 2 amide bonds. The number of anilines is 1. The number of para-hydroxylation sites is 2. The maximum Gasteiger partial charge on any atom is 0.263 e. The van der Waals surface area contributed by atoms with Gasteiger partial charge in [0.1, 0.15) is 5.75 Å². The predicted octanol–water partition coefficient (Wildman–Crippen LogP) is 2.64. The summed E-state index contributed by atoms with van der Waals surface area (Å²) >= 11 is 0. The number of benzene rings is 1. The summed E-state index contributed by atoms with van der Waals surface area (Å²) in [6, 6.07) is 7.59. The highest BCUT2D eigenvalue weighted by molar-refractivity contribution is 5.95. The van der Waals surface area contributed by atoms with Crippen molar-refractivity contribution in [2.75, 3.05) is 11.4 Å². The Balaban J connectivity index is 1.70. The third kappa shape index (κ3) is 3.66. The fourth-order valence-corrected chi connectivity index (χ4v) is 3.39. The lowest BCUT2D eigenvalue weighted by Crippen LogP contribution is -2.52. The normalized spacial score (nSPS) is 21.8. The number of carbonyl (C=O) groups excluding carboxylic acids is 2. The van der Waals surface area contributed by atoms with Gasteiger partial charge in [-0.3, -0.25) is 9.59 Å². The zero-order chi connectivity index (χ0) is 16.2. The first-order valence-electron chi connectivity index (χ1n) is 8.49. The van der Waals surface area contributed by atoms with Crippen LogP contribution in [0.5, 0.6) is 5.75 Å². The van der Waals surface area contributed by atoms with E-state index in [2.05, 4.69) is 5.32 Å². The van der Waals surface area contributed by atoms with Crippen molar-refractivity contribution in [2.45, 2.75) is 57.6 Å². The second-order valence-corrected chi connectivity index (χ2v) is 6.40. The van der Waals surface area contributed by atoms with Crippen molar-refractivity contribution in [1.82, 2.24) is 5.32 Å². The van der Waals surface area contributed by atoms with Crippen LogP contribution in [0.1, 0.15) is 45.4 Å². The third-order valence-electron chi connectivity index (χ3n) is 4.65. The number of rotatable bonds is 2. The first-order chi connectivity index (χ1) is 11.1. The predicted molar refractivity (Wildman–Crippen MR) is 88.5 cm³/mol. The SMILES string of the molecule is CC(=O)N1C[C@@H](C(=O)NC2CCCCCC2)Oc2ccccc21. The van der Waals surface area contributed by atoms with Gasteiger partial charge in [-0.15, -0.1) is 0 Å². The van der Waals surface area contributed by atoms with Crippen LogP contribution in [0.15, 0.2) is 24.3 Å². The van der Waals surface area contributed by atoms with Gasteiger partial charge in [0.05, 0.1) is 12.2 Å². The average molecular weight is 316 g/mol. The van der Waals surface area contributed by atoms with Gasteiger partial charge in [0.25, 0.3) is 5.91 Å². The van der Waals surface area contributed by atoms with E-state index in [1.165, 1.54) is 32.6 Å². The molecular formula is C18H24N2O3. The summed E-state index contributed by atoms with van der Waals surface area (Å²) in [5, 5.41) is 3.12. The van der Waals surface area contributed by atoms with Gasteiger partial charge in [-0.25, -0.2) is 0 Å². The van der Waals surface area contributed by atoms with E-state index < -0.39 is 6.10 Å². The quantitative estimate of drug-likeness (QED) is 0.853. The molecule has 1 aromatic rings. The molecule has 1 atom stereocenters. The van der Waals surface area contributed by atoms with Gasteiger partial charge in [-0.2, -0.15) is 0 Å². The highest BCUT2D eigenvalue weighted by Gasteiger charge is 2.33. The Morgan fingerprint density at radius 1 is 1.13 bits per heavy atom. The minimum absolute atomic E-state index is 0.0759. The molecular weight excluding hydrogens is 292 g/mol. The average Bonchev–Trinajstić information content (AvgIpc) is 2.82. The number of hydrogen-bond acceptors (Lipinski definition) is 3. The van der Waals surface area contributed by atoms with Gasteiger partial charge in [0, 0.05) is 13.0 Å². The molecule has 1 heterocycles. The first-order valence-corrected chi connectivity index (χ1v) is 8.49. The maximum absolute atomic E-state index is 12.6. The molecule has 1 saturated carbocycles. The number of ether oxygens (including phenoxy) is 1. The number of hydrogen-bond donors (Lipinski definition) is 1. The van der Waals surface area contributed by atoms with Crippen LogP contribution in [0.25, 0.3) is 0 Å². The Morgan fingerprint density at radius 2 is 1.83 bits per heavy atom. The van der Waals surface area contributed by atoms with E-state index in [-0.39, 0.29) is 24.4 Å². The van der Waals surface area contributed by atoms with E-state index in [0.29, 0.717) is 5.75 Å². The zero-order valence-corrected chi connectivity index (χ0v) is 13.6. The molecule has 0 unspecified atom stereocenters. The van der Waals surface area contributed by atoms with Crippen LogP contribution in [0.4, 0.5) is 5.69 Å². The Labute approximate surface area is 137 Å². The molecule has 1 fully saturated rings. The molecule has 0 aromatic heterocycles. The minimum atomic E-state index is -0.642. The lowest BCUT2D eigenvalue weighted by molar-refractivity contribution is -0.129. The summed E-state index contributed by atoms with van der Waals surface area (Å²) < 4.78 is 5.84. The van der Waals surface area contributed by atoms with Crippen LogP contribution in [0.3, 0.4) is 0 Å². The van der Waals surface area contributed by atoms with Crippen molar-refractivity contribution >= 4 is 17.5 Å². The molecule has 1 aliphatic carbocycles. The summed E-state index contributed by atoms with van der Waals surface area (Å²) in [5.41, 5.74) is 0.735. The molecule has 5 heteroatoms. The van der Waals surface area contributed by atoms with Crippen molar-refractivity contribution in [3.63, 3.8) is 0 Å². The summed E-state index contributed by atoms with van der Waals surface area (Å²) in [6.07, 6.45) is 6.25. The van der Waals surface area contributed by atoms with Crippen LogP contribution in [0.2, 0.25) is 0 Å². The van der Waals surface area contributed by atoms with Gasteiger partial charge in [0.15, 0.2) is 6.10 Å². The molecule has 1 aromatic carbocycles. The van der Waals surface area contributed by atoms with Crippen LogP contribution in [-0.2, 0) is 9.59 Å². The second kappa shape index (κ2) is 7.02. The lowest BCUT2D eigenvalue weighted by Gasteiger charge is -2.34. The van der Waals surface area contributed by atoms with Crippen molar-refractivity contribution in [3.8, 4) is 5.75 Å². The van der Waals surface area contributed by atoms with Crippen molar-refractivity contribution in [2.24, 2.45) is 0 Å². The highest BCUT2D eigenvalue weighted by atomic mass is 16.5. The molecule has 0 bridgehead atoms. The molecule has 23 heavy (non-hydrogen) atoms. The second-order valence-electron chi connectivity index (χ2n) is 6.40. The first kappa shape index (κ1) is 15.8. The van der Waals surface area contributed by atoms with Crippen LogP contribution in [-0.4, -0.2) is 30.5 Å². The summed E-state index contributed by atoms with van der Waals surface area (Å²) in [4.78, 5) is 26.1. The van der Waals surface area contributed by atoms with Gasteiger partial charge < -0.3 is 15.0 Å². The molecule has 5 nitrogen and oxygen atoms in total. The molecule has 3 rings (SSSR count). The largest absolute Gasteiger partial charge is 0.477 e. The molecule has 1 N–H and O–H groups in total. The summed E-state index contributed by atoms with van der Waals surface area (Å²) in [6.45, 7) is 1.78. The lowest BCUT2D eigenvalue weighted by atomic mass is 10.1. The number of carbonyl (C=O) groups is 2. The number of fused-ring (bicyclic) bond motifs is 1. The summed E-state index contributed by atoms with van der Waals surface area (Å²) in [5.74, 6) is 0.403. The molecule has 0 radical (unpaired) electrons. The molecule has 0 saturated heterocycles. The van der Waals surface area contributed by atoms with E-state index in [9.17, 15) is 9.59 Å². The highest BCUT2D eigenvalue weighted by Crippen LogP contribution is 2.33. The van der Waals surface area contributed by atoms with Crippen molar-refractivity contribution in [3.05, 3.63) is 24.3 Å². The van der Waals surface area contributed by atoms with Gasteiger partial charge in [-0.05, 0) is 25.0 Å². The van der Waals surface area contributed by atoms with E-state index in [1.807, 2.05) is 18.2 Å². The van der Waals surface area contributed by atoms with Crippen LogP contribution < -0.4 is 15.0 Å². The Bertz CT molecular complexity index is 579. The van der Waals surface area contributed by atoms with Gasteiger partial charge >= 0.3 is 0 Å². The van der Waals surface area contributed by atoms with Gasteiger partial charge in [-0.1, -0.05) is 37.8 Å². The molecule has 0 spiro atoms. The molecule has 124 valence electrons. The smallest absolute Gasteiger partial charge is 0.263 e. The van der Waals surface area contributed by atoms with E-state index in [0.717, 1.165) is 18.5 Å². The van der Waals surface area contributed by atoms with E-state index in [4.69, 9.17) is 4.74 Å². The van der Waals surface area contributed by atoms with Crippen LogP contribution in [0, 0.1) is 0 Å². The Hall–Kier alpha value is -2.04. The monoisotopic (exact) mass is 316 g/mol. The van der Waals surface area contributed by atoms with Crippen molar-refractivity contribution < 1.29 is 14.3 Å². The Kier molecular flexibility index (Phi) is 4.84. The topological polar surface area (TPSA) is 58.6 Å². The fourth-order valence-electron chi connectivity index (χ4n) is 3.39. The third-order valence-corrected chi connectivity index (χ3v) is 4.65. The number of nitrogens with zero attached hydrogens (tertiary/aromatic N) is 1. The minimum Gasteiger partial charge on any atom is -0.477 e. The van der Waals surface area contributed by atoms with Gasteiger partial charge in [0.2, 0.25) is 5.91 Å². The number of amides is 2. The fraction of sp³-hybridized carbons (Fsp3) is 0.556. The molecule has 2 aliphatic rings. The van der Waals surface area contributed by atoms with Crippen LogP contribution >= 0.6 is 0 Å². The molecule has 1 aliphatic heterocycles. The van der Waals surface area contributed by atoms with E-state index >= 15 is 0 Å². The number of nitrogens with one attached hydrogen (secondary N) is 1. The standard InChI is InChI=1S/C18H24N2O3/c1-13(21)20-12-17(23-16-11-7-6-10-15(16)20)18(22)19-14-8-4-2-3-5-9-14/h6-7,10-11,14,17H,2-5,8-9,12H2,1H3,(H,19,22)/t17-/m0/s1. The summed E-state index contributed by atoms with van der Waals surface area (Å²) in [7, 11) is 0. The van der Waals surface area contributed by atoms with E-state index in [1.54, 1.807) is 11.0 Å². The zero-order valence-electron chi connectivity index (χ0n) is 13.6. The van der Waals surface area contributed by atoms with Crippen molar-refractivity contribution in [1.29, 1.82) is 0 Å². The maximum atomic E-state index is 12.6.